The van der Waals surface area contributed by atoms with Crippen molar-refractivity contribution in [2.45, 2.75) is 46.4 Å². The lowest BCUT2D eigenvalue weighted by Gasteiger charge is -2.35. The van der Waals surface area contributed by atoms with Crippen LogP contribution in [-0.4, -0.2) is 63.4 Å². The van der Waals surface area contributed by atoms with Crippen LogP contribution in [0.25, 0.3) is 0 Å². The van der Waals surface area contributed by atoms with Gasteiger partial charge in [0.15, 0.2) is 5.96 Å². The first-order valence-electron chi connectivity index (χ1n) is 10.5. The molecule has 1 aromatic carbocycles. The monoisotopic (exact) mass is 390 g/mol. The summed E-state index contributed by atoms with van der Waals surface area (Å²) >= 11 is 0. The van der Waals surface area contributed by atoms with Crippen molar-refractivity contribution in [1.82, 2.24) is 15.5 Å². The number of hydrogen-bond acceptors (Lipinski definition) is 4. The second kappa shape index (κ2) is 12.8. The Morgan fingerprint density at radius 3 is 2.64 bits per heavy atom. The maximum absolute atomic E-state index is 5.53. The predicted octanol–water partition coefficient (Wildman–Crippen LogP) is 2.64. The maximum atomic E-state index is 5.53. The summed E-state index contributed by atoms with van der Waals surface area (Å²) in [4.78, 5) is 7.34. The van der Waals surface area contributed by atoms with E-state index in [2.05, 4.69) is 60.6 Å². The molecular weight excluding hydrogens is 352 g/mol. The molecule has 0 bridgehead atoms. The Kier molecular flexibility index (Phi) is 10.3. The van der Waals surface area contributed by atoms with E-state index in [0.29, 0.717) is 25.1 Å². The molecule has 1 atom stereocenters. The number of morpholine rings is 1. The SMILES string of the molecule is CCNC(=NCc1cccc(COC)c1)NCC(CC(C)C)N1CCOCC1. The van der Waals surface area contributed by atoms with Crippen molar-refractivity contribution in [3.8, 4) is 0 Å². The van der Waals surface area contributed by atoms with E-state index in [-0.39, 0.29) is 0 Å². The molecule has 0 aromatic heterocycles. The highest BCUT2D eigenvalue weighted by molar-refractivity contribution is 5.79. The largest absolute Gasteiger partial charge is 0.380 e. The zero-order valence-electron chi connectivity index (χ0n) is 18.0. The lowest BCUT2D eigenvalue weighted by atomic mass is 10.0. The average molecular weight is 391 g/mol. The van der Waals surface area contributed by atoms with Crippen molar-refractivity contribution in [2.24, 2.45) is 10.9 Å². The highest BCUT2D eigenvalue weighted by Crippen LogP contribution is 2.13. The fourth-order valence-electron chi connectivity index (χ4n) is 3.56. The van der Waals surface area contributed by atoms with E-state index < -0.39 is 0 Å². The van der Waals surface area contributed by atoms with E-state index in [1.54, 1.807) is 7.11 Å². The molecule has 0 spiro atoms. The van der Waals surface area contributed by atoms with Crippen molar-refractivity contribution < 1.29 is 9.47 Å². The number of nitrogens with zero attached hydrogens (tertiary/aromatic N) is 2. The molecule has 2 N–H and O–H groups in total. The fourth-order valence-corrected chi connectivity index (χ4v) is 3.56. The van der Waals surface area contributed by atoms with Gasteiger partial charge in [-0.05, 0) is 30.4 Å². The second-order valence-corrected chi connectivity index (χ2v) is 7.76. The standard InChI is InChI=1S/C22H38N4O2/c1-5-23-22(24-15-19-7-6-8-20(14-19)17-27-4)25-16-21(13-18(2)3)26-9-11-28-12-10-26/h6-8,14,18,21H,5,9-13,15-17H2,1-4H3,(H2,23,24,25). The van der Waals surface area contributed by atoms with Crippen molar-refractivity contribution in [3.05, 3.63) is 35.4 Å². The summed E-state index contributed by atoms with van der Waals surface area (Å²) in [7, 11) is 1.72. The van der Waals surface area contributed by atoms with Crippen LogP contribution in [0.1, 0.15) is 38.3 Å². The first-order chi connectivity index (χ1) is 13.6. The molecule has 1 heterocycles. The Balaban J connectivity index is 1.97. The van der Waals surface area contributed by atoms with E-state index in [0.717, 1.165) is 45.4 Å². The molecule has 0 aliphatic carbocycles. The molecule has 2 rings (SSSR count). The summed E-state index contributed by atoms with van der Waals surface area (Å²) in [6, 6.07) is 8.92. The van der Waals surface area contributed by atoms with Crippen LogP contribution in [0.15, 0.2) is 29.3 Å². The molecule has 1 aliphatic heterocycles. The number of rotatable bonds is 10. The van der Waals surface area contributed by atoms with Crippen LogP contribution >= 0.6 is 0 Å². The van der Waals surface area contributed by atoms with Crippen LogP contribution < -0.4 is 10.6 Å². The number of aliphatic imine (C=N–C) groups is 1. The van der Waals surface area contributed by atoms with Gasteiger partial charge in [0.05, 0.1) is 26.4 Å². The first-order valence-corrected chi connectivity index (χ1v) is 10.5. The molecule has 0 radical (unpaired) electrons. The number of methoxy groups -OCH3 is 1. The Labute approximate surface area is 170 Å². The van der Waals surface area contributed by atoms with Crippen LogP contribution in [-0.2, 0) is 22.6 Å². The molecule has 1 fully saturated rings. The first kappa shape index (κ1) is 22.7. The minimum Gasteiger partial charge on any atom is -0.380 e. The highest BCUT2D eigenvalue weighted by Gasteiger charge is 2.22. The number of benzene rings is 1. The van der Waals surface area contributed by atoms with Gasteiger partial charge in [0.2, 0.25) is 0 Å². The summed E-state index contributed by atoms with van der Waals surface area (Å²) in [6.07, 6.45) is 1.17. The van der Waals surface area contributed by atoms with Gasteiger partial charge in [-0.2, -0.15) is 0 Å². The molecule has 28 heavy (non-hydrogen) atoms. The summed E-state index contributed by atoms with van der Waals surface area (Å²) in [5.41, 5.74) is 2.37. The van der Waals surface area contributed by atoms with Crippen molar-refractivity contribution >= 4 is 5.96 Å². The smallest absolute Gasteiger partial charge is 0.191 e. The molecule has 6 heteroatoms. The molecule has 1 unspecified atom stereocenters. The van der Waals surface area contributed by atoms with Gasteiger partial charge in [-0.15, -0.1) is 0 Å². The third-order valence-electron chi connectivity index (χ3n) is 4.88. The number of nitrogens with one attached hydrogen (secondary N) is 2. The quantitative estimate of drug-likeness (QED) is 0.475. The lowest BCUT2D eigenvalue weighted by molar-refractivity contribution is 0.0132. The average Bonchev–Trinajstić information content (AvgIpc) is 2.70. The van der Waals surface area contributed by atoms with E-state index in [1.165, 1.54) is 17.5 Å². The Morgan fingerprint density at radius 1 is 1.21 bits per heavy atom. The van der Waals surface area contributed by atoms with Gasteiger partial charge in [0.1, 0.15) is 0 Å². The zero-order chi connectivity index (χ0) is 20.2. The van der Waals surface area contributed by atoms with Gasteiger partial charge in [-0.25, -0.2) is 4.99 Å². The zero-order valence-corrected chi connectivity index (χ0v) is 18.0. The van der Waals surface area contributed by atoms with Crippen LogP contribution in [0.2, 0.25) is 0 Å². The van der Waals surface area contributed by atoms with Gasteiger partial charge in [-0.3, -0.25) is 4.90 Å². The maximum Gasteiger partial charge on any atom is 0.191 e. The molecule has 6 nitrogen and oxygen atoms in total. The van der Waals surface area contributed by atoms with E-state index in [9.17, 15) is 0 Å². The second-order valence-electron chi connectivity index (χ2n) is 7.76. The molecule has 1 aliphatic rings. The molecular formula is C22H38N4O2. The number of guanidine groups is 1. The Morgan fingerprint density at radius 2 is 1.96 bits per heavy atom. The minimum absolute atomic E-state index is 0.498. The molecule has 0 amide bonds. The van der Waals surface area contributed by atoms with Crippen LogP contribution in [0.5, 0.6) is 0 Å². The summed E-state index contributed by atoms with van der Waals surface area (Å²) in [5, 5.41) is 6.94. The van der Waals surface area contributed by atoms with Gasteiger partial charge >= 0.3 is 0 Å². The Bertz CT molecular complexity index is 586. The van der Waals surface area contributed by atoms with E-state index in [1.807, 2.05) is 0 Å². The van der Waals surface area contributed by atoms with Crippen LogP contribution in [0.3, 0.4) is 0 Å². The molecule has 1 saturated heterocycles. The number of hydrogen-bond donors (Lipinski definition) is 2. The summed E-state index contributed by atoms with van der Waals surface area (Å²) in [5.74, 6) is 1.54. The van der Waals surface area contributed by atoms with E-state index in [4.69, 9.17) is 14.5 Å². The fraction of sp³-hybridized carbons (Fsp3) is 0.682. The van der Waals surface area contributed by atoms with E-state index >= 15 is 0 Å². The molecule has 1 aromatic rings. The third-order valence-corrected chi connectivity index (χ3v) is 4.88. The number of ether oxygens (including phenoxy) is 2. The van der Waals surface area contributed by atoms with Crippen molar-refractivity contribution in [1.29, 1.82) is 0 Å². The van der Waals surface area contributed by atoms with Crippen molar-refractivity contribution in [2.75, 3.05) is 46.5 Å². The van der Waals surface area contributed by atoms with Crippen molar-refractivity contribution in [3.63, 3.8) is 0 Å². The molecule has 158 valence electrons. The minimum atomic E-state index is 0.498. The highest BCUT2D eigenvalue weighted by atomic mass is 16.5. The predicted molar refractivity (Wildman–Crippen MR) is 116 cm³/mol. The van der Waals surface area contributed by atoms with Gasteiger partial charge in [-0.1, -0.05) is 38.1 Å². The molecule has 0 saturated carbocycles. The topological polar surface area (TPSA) is 58.1 Å². The van der Waals surface area contributed by atoms with Crippen LogP contribution in [0.4, 0.5) is 0 Å². The Hall–Kier alpha value is -1.63. The van der Waals surface area contributed by atoms with Gasteiger partial charge in [0, 0.05) is 39.3 Å². The normalized spacial score (nSPS) is 17.0. The van der Waals surface area contributed by atoms with Crippen LogP contribution in [0, 0.1) is 5.92 Å². The summed E-state index contributed by atoms with van der Waals surface area (Å²) in [6.45, 7) is 13.4. The summed E-state index contributed by atoms with van der Waals surface area (Å²) < 4.78 is 10.8. The third kappa shape index (κ3) is 8.17. The van der Waals surface area contributed by atoms with Gasteiger partial charge in [0.25, 0.3) is 0 Å². The lowest BCUT2D eigenvalue weighted by Crippen LogP contribution is -2.51. The van der Waals surface area contributed by atoms with Gasteiger partial charge < -0.3 is 20.1 Å².